The van der Waals surface area contributed by atoms with Crippen LogP contribution in [-0.2, 0) is 35.4 Å². The van der Waals surface area contributed by atoms with Gasteiger partial charge in [0.15, 0.2) is 6.29 Å². The van der Waals surface area contributed by atoms with E-state index in [9.17, 15) is 18.3 Å². The van der Waals surface area contributed by atoms with Gasteiger partial charge in [-0.25, -0.2) is 8.42 Å². The Balaban J connectivity index is 1.30. The molecule has 0 amide bonds. The van der Waals surface area contributed by atoms with Crippen molar-refractivity contribution in [2.24, 2.45) is 17.8 Å². The highest BCUT2D eigenvalue weighted by Gasteiger charge is 2.40. The van der Waals surface area contributed by atoms with Crippen LogP contribution in [0.2, 0.25) is 0 Å². The van der Waals surface area contributed by atoms with Crippen molar-refractivity contribution >= 4 is 16.0 Å². The molecule has 2 aliphatic heterocycles. The molecule has 0 aromatic heterocycles. The van der Waals surface area contributed by atoms with Crippen molar-refractivity contribution in [3.8, 4) is 5.75 Å². The molecule has 3 aliphatic rings. The Kier molecular flexibility index (Phi) is 11.4. The van der Waals surface area contributed by atoms with Crippen LogP contribution in [0, 0.1) is 17.8 Å². The van der Waals surface area contributed by atoms with E-state index in [0.29, 0.717) is 31.1 Å². The van der Waals surface area contributed by atoms with Crippen LogP contribution in [0.1, 0.15) is 64.4 Å². The monoisotopic (exact) mass is 629 g/mol. The van der Waals surface area contributed by atoms with Crippen LogP contribution in [0.5, 0.6) is 5.75 Å². The molecule has 2 aromatic rings. The van der Waals surface area contributed by atoms with Crippen LogP contribution < -0.4 is 4.74 Å². The van der Waals surface area contributed by atoms with E-state index in [4.69, 9.17) is 18.9 Å². The first-order valence-electron chi connectivity index (χ1n) is 16.1. The van der Waals surface area contributed by atoms with E-state index < -0.39 is 28.3 Å². The average Bonchev–Trinajstić information content (AvgIpc) is 3.59. The van der Waals surface area contributed by atoms with Gasteiger partial charge in [0.1, 0.15) is 11.9 Å². The molecule has 1 saturated carbocycles. The van der Waals surface area contributed by atoms with Crippen molar-refractivity contribution in [2.75, 3.05) is 26.3 Å². The lowest BCUT2D eigenvalue weighted by atomic mass is 9.90. The lowest BCUT2D eigenvalue weighted by Gasteiger charge is -2.30. The van der Waals surface area contributed by atoms with Crippen LogP contribution in [0.4, 0.5) is 0 Å². The van der Waals surface area contributed by atoms with Crippen LogP contribution in [0.25, 0.3) is 0 Å². The number of nitrogens with zero attached hydrogens (tertiary/aromatic N) is 1. The zero-order valence-corrected chi connectivity index (χ0v) is 26.7. The van der Waals surface area contributed by atoms with Crippen molar-refractivity contribution in [1.29, 1.82) is 0 Å². The van der Waals surface area contributed by atoms with Crippen molar-refractivity contribution in [3.63, 3.8) is 0 Å². The number of aliphatic hydroxyl groups excluding tert-OH is 1. The molecule has 0 radical (unpaired) electrons. The molecule has 6 atom stereocenters. The standard InChI is InChI=1S/C34H47NO8S/c1-24(2)22-35(44(38,39)30-12-8-11-28(20-30)43-34-13-6-7-15-41-34)23-31(36)27(17-25-9-4-3-5-10-25)19-33(37)42-29-18-26-14-16-40-32(26)21-29/h3-5,8-12,20,24,26-27,29,31-32,34,36H,6-7,13-19,21-23H2,1-2H3/t26?,27-,29?,31-,32-,34?/m1/s1. The molecule has 2 saturated heterocycles. The van der Waals surface area contributed by atoms with E-state index in [1.165, 1.54) is 10.4 Å². The van der Waals surface area contributed by atoms with Crippen LogP contribution >= 0.6 is 0 Å². The fourth-order valence-corrected chi connectivity index (χ4v) is 8.23. The fraction of sp³-hybridized carbons (Fsp3) is 0.618. The minimum Gasteiger partial charge on any atom is -0.465 e. The Morgan fingerprint density at radius 3 is 2.55 bits per heavy atom. The Morgan fingerprint density at radius 2 is 1.82 bits per heavy atom. The summed E-state index contributed by atoms with van der Waals surface area (Å²) in [4.78, 5) is 13.3. The van der Waals surface area contributed by atoms with Gasteiger partial charge in [0.2, 0.25) is 10.0 Å². The van der Waals surface area contributed by atoms with Gasteiger partial charge in [0, 0.05) is 44.5 Å². The zero-order chi connectivity index (χ0) is 31.1. The van der Waals surface area contributed by atoms with E-state index in [2.05, 4.69) is 0 Å². The maximum atomic E-state index is 14.0. The van der Waals surface area contributed by atoms with Crippen molar-refractivity contribution < 1.29 is 37.3 Å². The van der Waals surface area contributed by atoms with Gasteiger partial charge in [0.25, 0.3) is 0 Å². The second kappa shape index (κ2) is 15.2. The predicted molar refractivity (Wildman–Crippen MR) is 165 cm³/mol. The summed E-state index contributed by atoms with van der Waals surface area (Å²) in [5, 5.41) is 11.6. The third-order valence-electron chi connectivity index (χ3n) is 8.83. The lowest BCUT2D eigenvalue weighted by molar-refractivity contribution is -0.151. The summed E-state index contributed by atoms with van der Waals surface area (Å²) in [6.45, 7) is 5.33. The highest BCUT2D eigenvalue weighted by molar-refractivity contribution is 7.89. The van der Waals surface area contributed by atoms with Crippen molar-refractivity contribution in [3.05, 3.63) is 60.2 Å². The minimum absolute atomic E-state index is 0.00798. The molecule has 3 fully saturated rings. The van der Waals surface area contributed by atoms with Gasteiger partial charge in [0.05, 0.1) is 30.1 Å². The fourth-order valence-electron chi connectivity index (χ4n) is 6.57. The van der Waals surface area contributed by atoms with Crippen LogP contribution in [0.3, 0.4) is 0 Å². The number of aliphatic hydroxyl groups is 1. The van der Waals surface area contributed by atoms with Crippen LogP contribution in [-0.4, -0.2) is 74.7 Å². The molecule has 1 N–H and O–H groups in total. The molecule has 44 heavy (non-hydrogen) atoms. The number of hydrogen-bond acceptors (Lipinski definition) is 8. The first-order chi connectivity index (χ1) is 21.2. The number of sulfonamides is 1. The summed E-state index contributed by atoms with van der Waals surface area (Å²) < 4.78 is 52.6. The molecular weight excluding hydrogens is 582 g/mol. The average molecular weight is 630 g/mol. The van der Waals surface area contributed by atoms with E-state index in [0.717, 1.165) is 44.3 Å². The van der Waals surface area contributed by atoms with E-state index >= 15 is 0 Å². The summed E-state index contributed by atoms with van der Waals surface area (Å²) in [5.41, 5.74) is 0.959. The number of benzene rings is 2. The summed E-state index contributed by atoms with van der Waals surface area (Å²) in [6.07, 6.45) is 4.13. The molecule has 5 rings (SSSR count). The topological polar surface area (TPSA) is 112 Å². The Hall–Kier alpha value is -2.50. The highest BCUT2D eigenvalue weighted by atomic mass is 32.2. The number of carbonyl (C=O) groups excluding carboxylic acids is 1. The minimum atomic E-state index is -3.99. The van der Waals surface area contributed by atoms with Gasteiger partial charge in [-0.2, -0.15) is 4.31 Å². The van der Waals surface area contributed by atoms with Gasteiger partial charge in [-0.05, 0) is 61.6 Å². The molecule has 2 heterocycles. The third-order valence-corrected chi connectivity index (χ3v) is 10.7. The Morgan fingerprint density at radius 1 is 1.00 bits per heavy atom. The number of ether oxygens (including phenoxy) is 4. The molecular formula is C34H47NO8S. The van der Waals surface area contributed by atoms with E-state index in [-0.39, 0.29) is 48.5 Å². The summed E-state index contributed by atoms with van der Waals surface area (Å²) >= 11 is 0. The SMILES string of the molecule is CC(C)CN(C[C@@H](O)[C@@H](CC(=O)OC1CC2CCO[C@@H]2C1)Cc1ccccc1)S(=O)(=O)c1cccc(OC2CCCCO2)c1. The number of esters is 1. The summed E-state index contributed by atoms with van der Waals surface area (Å²) in [5.74, 6) is -0.0387. The highest BCUT2D eigenvalue weighted by Crippen LogP contribution is 2.37. The summed E-state index contributed by atoms with van der Waals surface area (Å²) in [6, 6.07) is 16.1. The molecule has 10 heteroatoms. The molecule has 242 valence electrons. The molecule has 0 spiro atoms. The maximum Gasteiger partial charge on any atom is 0.306 e. The first kappa shape index (κ1) is 32.9. The number of fused-ring (bicyclic) bond motifs is 1. The van der Waals surface area contributed by atoms with Crippen molar-refractivity contribution in [1.82, 2.24) is 4.31 Å². The summed E-state index contributed by atoms with van der Waals surface area (Å²) in [7, 11) is -3.99. The van der Waals surface area contributed by atoms with Gasteiger partial charge < -0.3 is 24.1 Å². The second-order valence-electron chi connectivity index (χ2n) is 12.9. The zero-order valence-electron chi connectivity index (χ0n) is 25.9. The van der Waals surface area contributed by atoms with Crippen LogP contribution in [0.15, 0.2) is 59.5 Å². The Labute approximate surface area is 261 Å². The van der Waals surface area contributed by atoms with Gasteiger partial charge in [-0.1, -0.05) is 50.2 Å². The first-order valence-corrected chi connectivity index (χ1v) is 17.5. The van der Waals surface area contributed by atoms with Gasteiger partial charge in [-0.15, -0.1) is 0 Å². The van der Waals surface area contributed by atoms with E-state index in [1.54, 1.807) is 18.2 Å². The molecule has 9 nitrogen and oxygen atoms in total. The lowest BCUT2D eigenvalue weighted by Crippen LogP contribution is -2.43. The van der Waals surface area contributed by atoms with E-state index in [1.807, 2.05) is 44.2 Å². The second-order valence-corrected chi connectivity index (χ2v) is 14.8. The number of hydrogen-bond donors (Lipinski definition) is 1. The molecule has 0 bridgehead atoms. The van der Waals surface area contributed by atoms with Gasteiger partial charge >= 0.3 is 5.97 Å². The van der Waals surface area contributed by atoms with Gasteiger partial charge in [-0.3, -0.25) is 4.79 Å². The largest absolute Gasteiger partial charge is 0.465 e. The molecule has 1 aliphatic carbocycles. The maximum absolute atomic E-state index is 14.0. The number of rotatable bonds is 14. The Bertz CT molecular complexity index is 1300. The normalized spacial score (nSPS) is 25.1. The third kappa shape index (κ3) is 8.81. The predicted octanol–water partition coefficient (Wildman–Crippen LogP) is 4.96. The van der Waals surface area contributed by atoms with Crippen molar-refractivity contribution in [2.45, 2.75) is 94.7 Å². The number of carbonyl (C=O) groups is 1. The quantitative estimate of drug-likeness (QED) is 0.292. The molecule has 3 unspecified atom stereocenters. The molecule has 2 aromatic carbocycles. The smallest absolute Gasteiger partial charge is 0.306 e.